The lowest BCUT2D eigenvalue weighted by Crippen LogP contribution is -2.21. The maximum atomic E-state index is 12.4. The predicted molar refractivity (Wildman–Crippen MR) is 116 cm³/mol. The zero-order valence-electron chi connectivity index (χ0n) is 18.2. The molecule has 0 aliphatic heterocycles. The number of nitrogens with one attached hydrogen (secondary N) is 1. The van der Waals surface area contributed by atoms with Gasteiger partial charge < -0.3 is 19.5 Å². The molecule has 1 amide bonds. The van der Waals surface area contributed by atoms with Crippen LogP contribution in [0.4, 0.5) is 5.69 Å². The lowest BCUT2D eigenvalue weighted by atomic mass is 10.2. The van der Waals surface area contributed by atoms with E-state index in [0.29, 0.717) is 22.9 Å². The molecular weight excluding hydrogens is 398 g/mol. The Hall–Kier alpha value is -3.81. The smallest absolute Gasteiger partial charge is 0.338 e. The van der Waals surface area contributed by atoms with Crippen molar-refractivity contribution >= 4 is 17.6 Å². The van der Waals surface area contributed by atoms with Gasteiger partial charge >= 0.3 is 5.97 Å². The van der Waals surface area contributed by atoms with Crippen LogP contribution in [0.15, 0.2) is 42.5 Å². The van der Waals surface area contributed by atoms with Crippen molar-refractivity contribution in [3.63, 3.8) is 0 Å². The molecular formula is C23H25N3O5. The highest BCUT2D eigenvalue weighted by atomic mass is 16.5. The number of aromatic nitrogens is 2. The summed E-state index contributed by atoms with van der Waals surface area (Å²) in [5, 5.41) is 7.29. The number of methoxy groups -OCH3 is 2. The number of carbonyl (C=O) groups excluding carboxylic acids is 2. The summed E-state index contributed by atoms with van der Waals surface area (Å²) >= 11 is 0. The number of hydrogen-bond donors (Lipinski definition) is 1. The minimum absolute atomic E-state index is 0.255. The van der Waals surface area contributed by atoms with Crippen molar-refractivity contribution in [2.75, 3.05) is 26.1 Å². The Kier molecular flexibility index (Phi) is 6.59. The third-order valence-corrected chi connectivity index (χ3v) is 4.79. The quantitative estimate of drug-likeness (QED) is 0.584. The second-order valence-electron chi connectivity index (χ2n) is 6.99. The summed E-state index contributed by atoms with van der Waals surface area (Å²) in [7, 11) is 2.98. The van der Waals surface area contributed by atoms with Crippen molar-refractivity contribution in [1.29, 1.82) is 0 Å². The van der Waals surface area contributed by atoms with Crippen LogP contribution >= 0.6 is 0 Å². The summed E-state index contributed by atoms with van der Waals surface area (Å²) in [6.07, 6.45) is 0. The lowest BCUT2D eigenvalue weighted by molar-refractivity contribution is -0.119. The van der Waals surface area contributed by atoms with Crippen molar-refractivity contribution < 1.29 is 23.8 Å². The van der Waals surface area contributed by atoms with E-state index >= 15 is 0 Å². The molecule has 0 saturated heterocycles. The fraction of sp³-hybridized carbons (Fsp3) is 0.261. The molecule has 31 heavy (non-hydrogen) atoms. The molecule has 0 spiro atoms. The molecule has 1 heterocycles. The molecule has 8 nitrogen and oxygen atoms in total. The van der Waals surface area contributed by atoms with E-state index < -0.39 is 18.5 Å². The van der Waals surface area contributed by atoms with Gasteiger partial charge in [0, 0.05) is 0 Å². The fourth-order valence-corrected chi connectivity index (χ4v) is 3.11. The number of hydrogen-bond acceptors (Lipinski definition) is 6. The normalized spacial score (nSPS) is 10.5. The van der Waals surface area contributed by atoms with Crippen molar-refractivity contribution in [2.24, 2.45) is 0 Å². The summed E-state index contributed by atoms with van der Waals surface area (Å²) in [4.78, 5) is 24.7. The van der Waals surface area contributed by atoms with Gasteiger partial charge in [-0.2, -0.15) is 5.10 Å². The van der Waals surface area contributed by atoms with Gasteiger partial charge in [-0.1, -0.05) is 17.7 Å². The van der Waals surface area contributed by atoms with Crippen LogP contribution in [0.25, 0.3) is 5.69 Å². The molecule has 2 aromatic carbocycles. The first-order valence-corrected chi connectivity index (χ1v) is 9.66. The molecule has 0 unspecified atom stereocenters. The van der Waals surface area contributed by atoms with Crippen LogP contribution in [-0.2, 0) is 9.53 Å². The first kappa shape index (κ1) is 21.9. The van der Waals surface area contributed by atoms with Crippen LogP contribution in [0.1, 0.15) is 27.3 Å². The summed E-state index contributed by atoms with van der Waals surface area (Å²) in [6, 6.07) is 12.6. The van der Waals surface area contributed by atoms with Crippen molar-refractivity contribution in [3.8, 4) is 17.2 Å². The van der Waals surface area contributed by atoms with Crippen LogP contribution in [0, 0.1) is 20.8 Å². The molecule has 0 radical (unpaired) electrons. The molecule has 0 fully saturated rings. The average Bonchev–Trinajstić information content (AvgIpc) is 3.05. The number of ether oxygens (including phenoxy) is 3. The summed E-state index contributed by atoms with van der Waals surface area (Å²) in [6.45, 7) is 5.26. The Morgan fingerprint density at radius 2 is 1.65 bits per heavy atom. The van der Waals surface area contributed by atoms with Gasteiger partial charge in [-0.25, -0.2) is 9.48 Å². The number of benzene rings is 2. The number of rotatable bonds is 7. The Morgan fingerprint density at radius 1 is 0.968 bits per heavy atom. The molecule has 0 aliphatic carbocycles. The standard InChI is InChI=1S/C23H25N3O5/c1-14-6-9-18(10-7-14)26-16(3)22(15(2)25-26)24-21(27)13-31-23(28)17-8-11-19(29-4)20(12-17)30-5/h6-12H,13H2,1-5H3,(H,24,27). The Labute approximate surface area is 180 Å². The van der Waals surface area contributed by atoms with Gasteiger partial charge in [0.2, 0.25) is 0 Å². The monoisotopic (exact) mass is 423 g/mol. The summed E-state index contributed by atoms with van der Waals surface area (Å²) in [5.74, 6) is -0.201. The summed E-state index contributed by atoms with van der Waals surface area (Å²) in [5.41, 5.74) is 4.33. The van der Waals surface area contributed by atoms with Gasteiger partial charge in [0.15, 0.2) is 18.1 Å². The van der Waals surface area contributed by atoms with Crippen LogP contribution in [0.5, 0.6) is 11.5 Å². The molecule has 162 valence electrons. The minimum Gasteiger partial charge on any atom is -0.493 e. The van der Waals surface area contributed by atoms with Gasteiger partial charge in [0.25, 0.3) is 5.91 Å². The van der Waals surface area contributed by atoms with Crippen LogP contribution < -0.4 is 14.8 Å². The molecule has 0 bridgehead atoms. The number of amides is 1. The highest BCUT2D eigenvalue weighted by Gasteiger charge is 2.17. The van der Waals surface area contributed by atoms with Crippen LogP contribution in [0.2, 0.25) is 0 Å². The zero-order chi connectivity index (χ0) is 22.5. The van der Waals surface area contributed by atoms with Crippen molar-refractivity contribution in [3.05, 3.63) is 65.0 Å². The van der Waals surface area contributed by atoms with E-state index in [1.807, 2.05) is 45.0 Å². The van der Waals surface area contributed by atoms with Crippen molar-refractivity contribution in [2.45, 2.75) is 20.8 Å². The third-order valence-electron chi connectivity index (χ3n) is 4.79. The van der Waals surface area contributed by atoms with E-state index in [2.05, 4.69) is 10.4 Å². The van der Waals surface area contributed by atoms with Gasteiger partial charge in [-0.15, -0.1) is 0 Å². The highest BCUT2D eigenvalue weighted by molar-refractivity contribution is 5.96. The van der Waals surface area contributed by atoms with E-state index in [9.17, 15) is 9.59 Å². The Morgan fingerprint density at radius 3 is 2.29 bits per heavy atom. The van der Waals surface area contributed by atoms with Gasteiger partial charge in [0.05, 0.1) is 42.5 Å². The van der Waals surface area contributed by atoms with E-state index in [0.717, 1.165) is 16.9 Å². The highest BCUT2D eigenvalue weighted by Crippen LogP contribution is 2.28. The van der Waals surface area contributed by atoms with Crippen LogP contribution in [0.3, 0.4) is 0 Å². The Bertz CT molecular complexity index is 1100. The van der Waals surface area contributed by atoms with E-state index in [1.165, 1.54) is 20.3 Å². The molecule has 8 heteroatoms. The lowest BCUT2D eigenvalue weighted by Gasteiger charge is -2.10. The molecule has 1 aromatic heterocycles. The average molecular weight is 423 g/mol. The van der Waals surface area contributed by atoms with Gasteiger partial charge in [-0.05, 0) is 51.1 Å². The fourth-order valence-electron chi connectivity index (χ4n) is 3.11. The Balaban J connectivity index is 1.66. The van der Waals surface area contributed by atoms with Crippen LogP contribution in [-0.4, -0.2) is 42.5 Å². The molecule has 3 aromatic rings. The molecule has 0 saturated carbocycles. The maximum Gasteiger partial charge on any atom is 0.338 e. The second-order valence-corrected chi connectivity index (χ2v) is 6.99. The number of anilines is 1. The number of aryl methyl sites for hydroxylation is 2. The van der Waals surface area contributed by atoms with E-state index in [-0.39, 0.29) is 5.56 Å². The minimum atomic E-state index is -0.639. The molecule has 0 aliphatic rings. The number of carbonyl (C=O) groups is 2. The molecule has 0 atom stereocenters. The first-order valence-electron chi connectivity index (χ1n) is 9.66. The van der Waals surface area contributed by atoms with E-state index in [1.54, 1.807) is 16.8 Å². The first-order chi connectivity index (χ1) is 14.8. The number of nitrogens with zero attached hydrogens (tertiary/aromatic N) is 2. The zero-order valence-corrected chi connectivity index (χ0v) is 18.2. The topological polar surface area (TPSA) is 91.7 Å². The SMILES string of the molecule is COc1ccc(C(=O)OCC(=O)Nc2c(C)nn(-c3ccc(C)cc3)c2C)cc1OC. The molecule has 3 rings (SSSR count). The van der Waals surface area contributed by atoms with E-state index in [4.69, 9.17) is 14.2 Å². The molecule has 1 N–H and O–H groups in total. The number of esters is 1. The largest absolute Gasteiger partial charge is 0.493 e. The van der Waals surface area contributed by atoms with Gasteiger partial charge in [0.1, 0.15) is 0 Å². The maximum absolute atomic E-state index is 12.4. The summed E-state index contributed by atoms with van der Waals surface area (Å²) < 4.78 is 17.2. The third kappa shape index (κ3) is 4.85. The van der Waals surface area contributed by atoms with Gasteiger partial charge in [-0.3, -0.25) is 4.79 Å². The van der Waals surface area contributed by atoms with Crippen molar-refractivity contribution in [1.82, 2.24) is 9.78 Å². The predicted octanol–water partition coefficient (Wildman–Crippen LogP) is 3.61. The second kappa shape index (κ2) is 9.34.